The largest absolute Gasteiger partial charge is 0.313 e. The highest BCUT2D eigenvalue weighted by atomic mass is 35.5. The maximum absolute atomic E-state index is 13.0. The van der Waals surface area contributed by atoms with Gasteiger partial charge < -0.3 is 5.32 Å². The van der Waals surface area contributed by atoms with E-state index in [9.17, 15) is 4.39 Å². The molecule has 0 heterocycles. The topological polar surface area (TPSA) is 12.0 Å². The molecule has 0 aromatic carbocycles. The maximum Gasteiger partial charge on any atom is 0.117 e. The van der Waals surface area contributed by atoms with E-state index in [2.05, 4.69) is 5.32 Å². The first-order valence-electron chi connectivity index (χ1n) is 3.71. The van der Waals surface area contributed by atoms with Crippen molar-refractivity contribution in [2.75, 3.05) is 7.05 Å². The first-order chi connectivity index (χ1) is 4.75. The predicted molar refractivity (Wildman–Crippen MR) is 41.2 cm³/mol. The second-order valence-electron chi connectivity index (χ2n) is 2.78. The van der Waals surface area contributed by atoms with Crippen molar-refractivity contribution in [2.45, 2.75) is 36.9 Å². The van der Waals surface area contributed by atoms with Crippen molar-refractivity contribution in [2.24, 2.45) is 0 Å². The first kappa shape index (κ1) is 8.28. The fourth-order valence-corrected chi connectivity index (χ4v) is 1.89. The van der Waals surface area contributed by atoms with Gasteiger partial charge in [0, 0.05) is 0 Å². The summed E-state index contributed by atoms with van der Waals surface area (Å²) >= 11 is 5.88. The van der Waals surface area contributed by atoms with Crippen LogP contribution in [-0.2, 0) is 0 Å². The molecular weight excluding hydrogens is 153 g/mol. The average Bonchev–Trinajstić information content (AvgIpc) is 1.88. The van der Waals surface area contributed by atoms with Crippen LogP contribution in [0.3, 0.4) is 0 Å². The quantitative estimate of drug-likeness (QED) is 0.584. The van der Waals surface area contributed by atoms with Crippen LogP contribution in [0, 0.1) is 0 Å². The van der Waals surface area contributed by atoms with Crippen LogP contribution in [0.2, 0.25) is 0 Å². The molecule has 0 aromatic heterocycles. The molecule has 60 valence electrons. The molecule has 0 aliphatic heterocycles. The van der Waals surface area contributed by atoms with E-state index < -0.39 is 6.17 Å². The molecule has 1 fully saturated rings. The van der Waals surface area contributed by atoms with Crippen LogP contribution in [-0.4, -0.2) is 24.6 Å². The molecule has 3 atom stereocenters. The number of alkyl halides is 2. The fraction of sp³-hybridized carbons (Fsp3) is 1.00. The van der Waals surface area contributed by atoms with Gasteiger partial charge in [0.15, 0.2) is 0 Å². The molecule has 1 aliphatic rings. The Kier molecular flexibility index (Phi) is 2.93. The summed E-state index contributed by atoms with van der Waals surface area (Å²) in [6, 6.07) is -0.129. The van der Waals surface area contributed by atoms with Crippen molar-refractivity contribution < 1.29 is 4.39 Å². The van der Waals surface area contributed by atoms with E-state index in [1.807, 2.05) is 0 Å². The lowest BCUT2D eigenvalue weighted by Crippen LogP contribution is -2.45. The smallest absolute Gasteiger partial charge is 0.117 e. The molecule has 0 amide bonds. The van der Waals surface area contributed by atoms with Crippen molar-refractivity contribution in [3.63, 3.8) is 0 Å². The van der Waals surface area contributed by atoms with Crippen LogP contribution in [0.25, 0.3) is 0 Å². The average molecular weight is 166 g/mol. The van der Waals surface area contributed by atoms with Gasteiger partial charge >= 0.3 is 0 Å². The monoisotopic (exact) mass is 165 g/mol. The lowest BCUT2D eigenvalue weighted by atomic mass is 9.93. The standard InChI is InChI=1S/C7H13ClFN/c1-10-7-5(8)3-2-4-6(7)9/h5-7,10H,2-4H2,1H3. The highest BCUT2D eigenvalue weighted by molar-refractivity contribution is 6.21. The Morgan fingerprint density at radius 2 is 2.20 bits per heavy atom. The molecule has 1 aliphatic carbocycles. The molecule has 1 N–H and O–H groups in total. The van der Waals surface area contributed by atoms with Gasteiger partial charge in [0.05, 0.1) is 11.4 Å². The Morgan fingerprint density at radius 1 is 1.50 bits per heavy atom. The second kappa shape index (κ2) is 3.54. The van der Waals surface area contributed by atoms with Crippen LogP contribution < -0.4 is 5.32 Å². The highest BCUT2D eigenvalue weighted by Crippen LogP contribution is 2.25. The lowest BCUT2D eigenvalue weighted by Gasteiger charge is -2.29. The van der Waals surface area contributed by atoms with E-state index in [0.717, 1.165) is 12.8 Å². The highest BCUT2D eigenvalue weighted by Gasteiger charge is 2.30. The third-order valence-electron chi connectivity index (χ3n) is 2.07. The fourth-order valence-electron chi connectivity index (χ4n) is 1.46. The number of hydrogen-bond donors (Lipinski definition) is 1. The van der Waals surface area contributed by atoms with Gasteiger partial charge in [-0.3, -0.25) is 0 Å². The maximum atomic E-state index is 13.0. The van der Waals surface area contributed by atoms with Crippen molar-refractivity contribution >= 4 is 11.6 Å². The lowest BCUT2D eigenvalue weighted by molar-refractivity contribution is 0.200. The zero-order valence-corrected chi connectivity index (χ0v) is 6.87. The molecule has 0 saturated heterocycles. The molecule has 1 saturated carbocycles. The number of halogens is 2. The third kappa shape index (κ3) is 1.61. The van der Waals surface area contributed by atoms with Gasteiger partial charge in [0.25, 0.3) is 0 Å². The summed E-state index contributed by atoms with van der Waals surface area (Å²) in [4.78, 5) is 0. The van der Waals surface area contributed by atoms with Crippen LogP contribution in [0.5, 0.6) is 0 Å². The number of hydrogen-bond acceptors (Lipinski definition) is 1. The van der Waals surface area contributed by atoms with Gasteiger partial charge in [-0.15, -0.1) is 11.6 Å². The molecule has 3 unspecified atom stereocenters. The van der Waals surface area contributed by atoms with Crippen molar-refractivity contribution in [3.05, 3.63) is 0 Å². The Morgan fingerprint density at radius 3 is 2.60 bits per heavy atom. The minimum Gasteiger partial charge on any atom is -0.313 e. The van der Waals surface area contributed by atoms with E-state index >= 15 is 0 Å². The van der Waals surface area contributed by atoms with Crippen molar-refractivity contribution in [1.29, 1.82) is 0 Å². The zero-order valence-electron chi connectivity index (χ0n) is 6.11. The van der Waals surface area contributed by atoms with Gasteiger partial charge in [-0.2, -0.15) is 0 Å². The van der Waals surface area contributed by atoms with Gasteiger partial charge in [0.1, 0.15) is 6.17 Å². The Hall–Kier alpha value is 0.180. The molecule has 3 heteroatoms. The van der Waals surface area contributed by atoms with E-state index in [4.69, 9.17) is 11.6 Å². The molecule has 1 rings (SSSR count). The zero-order chi connectivity index (χ0) is 7.56. The Bertz CT molecular complexity index is 99.8. The van der Waals surface area contributed by atoms with Gasteiger partial charge in [-0.05, 0) is 26.3 Å². The summed E-state index contributed by atoms with van der Waals surface area (Å²) in [5.41, 5.74) is 0. The third-order valence-corrected chi connectivity index (χ3v) is 2.56. The molecule has 1 nitrogen and oxygen atoms in total. The SMILES string of the molecule is CNC1C(F)CCCC1Cl. The predicted octanol–water partition coefficient (Wildman–Crippen LogP) is 1.70. The second-order valence-corrected chi connectivity index (χ2v) is 3.34. The Labute approximate surface area is 65.9 Å². The van der Waals surface area contributed by atoms with Crippen LogP contribution in [0.15, 0.2) is 0 Å². The van der Waals surface area contributed by atoms with Gasteiger partial charge in [0.2, 0.25) is 0 Å². The first-order valence-corrected chi connectivity index (χ1v) is 4.14. The Balaban J connectivity index is 2.45. The van der Waals surface area contributed by atoms with Gasteiger partial charge in [-0.25, -0.2) is 4.39 Å². The molecule has 0 aromatic rings. The number of nitrogens with one attached hydrogen (secondary N) is 1. The van der Waals surface area contributed by atoms with Crippen molar-refractivity contribution in [1.82, 2.24) is 5.32 Å². The molecule has 0 spiro atoms. The minimum absolute atomic E-state index is 0.0197. The molecule has 0 radical (unpaired) electrons. The van der Waals surface area contributed by atoms with Gasteiger partial charge in [-0.1, -0.05) is 0 Å². The van der Waals surface area contributed by atoms with E-state index in [1.165, 1.54) is 0 Å². The van der Waals surface area contributed by atoms with Crippen LogP contribution >= 0.6 is 11.6 Å². The van der Waals surface area contributed by atoms with E-state index in [-0.39, 0.29) is 11.4 Å². The summed E-state index contributed by atoms with van der Waals surface area (Å²) in [7, 11) is 1.76. The van der Waals surface area contributed by atoms with Crippen LogP contribution in [0.4, 0.5) is 4.39 Å². The summed E-state index contributed by atoms with van der Waals surface area (Å²) in [5, 5.41) is 2.88. The molecule has 0 bridgehead atoms. The number of rotatable bonds is 1. The van der Waals surface area contributed by atoms with E-state index in [1.54, 1.807) is 7.05 Å². The summed E-state index contributed by atoms with van der Waals surface area (Å²) in [6.07, 6.45) is 1.77. The normalized spacial score (nSPS) is 41.7. The molecular formula is C7H13ClFN. The molecule has 10 heavy (non-hydrogen) atoms. The summed E-state index contributed by atoms with van der Waals surface area (Å²) in [6.45, 7) is 0. The minimum atomic E-state index is -0.749. The van der Waals surface area contributed by atoms with E-state index in [0.29, 0.717) is 6.42 Å². The summed E-state index contributed by atoms with van der Waals surface area (Å²) < 4.78 is 13.0. The summed E-state index contributed by atoms with van der Waals surface area (Å²) in [5.74, 6) is 0. The van der Waals surface area contributed by atoms with Crippen LogP contribution in [0.1, 0.15) is 19.3 Å². The van der Waals surface area contributed by atoms with Crippen molar-refractivity contribution in [3.8, 4) is 0 Å².